The highest BCUT2D eigenvalue weighted by Gasteiger charge is 1.87. The summed E-state index contributed by atoms with van der Waals surface area (Å²) in [6, 6.07) is 8.06. The monoisotopic (exact) mass is 182 g/mol. The summed E-state index contributed by atoms with van der Waals surface area (Å²) in [7, 11) is 0. The number of benzene rings is 1. The summed E-state index contributed by atoms with van der Waals surface area (Å²) < 4.78 is 0. The van der Waals surface area contributed by atoms with Gasteiger partial charge in [-0.25, -0.2) is 0 Å². The van der Waals surface area contributed by atoms with Crippen molar-refractivity contribution in [2.45, 2.75) is 26.7 Å². The molecule has 0 aliphatic heterocycles. The quantitative estimate of drug-likeness (QED) is 0.540. The second kappa shape index (κ2) is 5.90. The third-order valence-electron chi connectivity index (χ3n) is 1.70. The van der Waals surface area contributed by atoms with E-state index in [1.165, 1.54) is 0 Å². The van der Waals surface area contributed by atoms with Gasteiger partial charge < -0.3 is 0 Å². The van der Waals surface area contributed by atoms with E-state index in [1.54, 1.807) is 0 Å². The average Bonchev–Trinajstić information content (AvgIpc) is 2.25. The fourth-order valence-corrected chi connectivity index (χ4v) is 1.02. The van der Waals surface area contributed by atoms with Crippen LogP contribution in [-0.2, 0) is 0 Å². The molecule has 0 saturated heterocycles. The zero-order chi connectivity index (χ0) is 10.2. The molecule has 0 atom stereocenters. The molecule has 0 heteroatoms. The van der Waals surface area contributed by atoms with Gasteiger partial charge >= 0.3 is 0 Å². The van der Waals surface area contributed by atoms with Gasteiger partial charge in [-0.1, -0.05) is 37.5 Å². The number of rotatable bonds is 0. The van der Waals surface area contributed by atoms with E-state index in [0.717, 1.165) is 24.0 Å². The lowest BCUT2D eigenvalue weighted by atomic mass is 10.1. The molecule has 0 aliphatic carbocycles. The minimum atomic E-state index is 0.900. The first-order valence-electron chi connectivity index (χ1n) is 4.94. The summed E-state index contributed by atoms with van der Waals surface area (Å²) in [5.74, 6) is 12.2. The lowest BCUT2D eigenvalue weighted by Crippen LogP contribution is -1.76. The van der Waals surface area contributed by atoms with Crippen molar-refractivity contribution in [3.8, 4) is 23.7 Å². The van der Waals surface area contributed by atoms with Crippen molar-refractivity contribution in [2.24, 2.45) is 0 Å². The van der Waals surface area contributed by atoms with Crippen molar-refractivity contribution in [1.29, 1.82) is 0 Å². The van der Waals surface area contributed by atoms with Gasteiger partial charge in [-0.05, 0) is 24.3 Å². The van der Waals surface area contributed by atoms with Crippen molar-refractivity contribution in [3.05, 3.63) is 35.4 Å². The largest absolute Gasteiger partial charge is 0.0982 e. The molecule has 1 aromatic rings. The van der Waals surface area contributed by atoms with Crippen LogP contribution >= 0.6 is 0 Å². The molecule has 0 amide bonds. The molecule has 1 aromatic carbocycles. The van der Waals surface area contributed by atoms with Gasteiger partial charge in [0.1, 0.15) is 0 Å². The van der Waals surface area contributed by atoms with Gasteiger partial charge in [0, 0.05) is 24.0 Å². The first kappa shape index (κ1) is 10.4. The predicted molar refractivity (Wildman–Crippen MR) is 60.8 cm³/mol. The molecule has 0 fully saturated rings. The van der Waals surface area contributed by atoms with Crippen LogP contribution in [-0.4, -0.2) is 0 Å². The Labute approximate surface area is 86.3 Å². The van der Waals surface area contributed by atoms with Gasteiger partial charge in [0.05, 0.1) is 0 Å². The normalized spacial score (nSPS) is 8.14. The lowest BCUT2D eigenvalue weighted by Gasteiger charge is -1.90. The van der Waals surface area contributed by atoms with Crippen molar-refractivity contribution in [1.82, 2.24) is 0 Å². The van der Waals surface area contributed by atoms with Gasteiger partial charge in [0.25, 0.3) is 0 Å². The van der Waals surface area contributed by atoms with Crippen LogP contribution in [0.2, 0.25) is 0 Å². The topological polar surface area (TPSA) is 0 Å². The highest BCUT2D eigenvalue weighted by atomic mass is 13.9. The van der Waals surface area contributed by atoms with Gasteiger partial charge in [0.15, 0.2) is 0 Å². The van der Waals surface area contributed by atoms with Gasteiger partial charge in [0.2, 0.25) is 0 Å². The molecule has 0 bridgehead atoms. The summed E-state index contributed by atoms with van der Waals surface area (Å²) in [6.07, 6.45) is 1.80. The van der Waals surface area contributed by atoms with Crippen molar-refractivity contribution in [2.75, 3.05) is 0 Å². The molecule has 0 aromatic heterocycles. The van der Waals surface area contributed by atoms with Crippen LogP contribution in [0.25, 0.3) is 0 Å². The maximum absolute atomic E-state index is 3.08. The van der Waals surface area contributed by atoms with Gasteiger partial charge in [-0.15, -0.1) is 0 Å². The van der Waals surface area contributed by atoms with Crippen LogP contribution < -0.4 is 0 Å². The number of hydrogen-bond donors (Lipinski definition) is 0. The number of hydrogen-bond acceptors (Lipinski definition) is 0. The Morgan fingerprint density at radius 3 is 1.43 bits per heavy atom. The van der Waals surface area contributed by atoms with Crippen LogP contribution in [0.15, 0.2) is 24.3 Å². The Balaban J connectivity index is 2.78. The molecule has 0 radical (unpaired) electrons. The molecule has 14 heavy (non-hydrogen) atoms. The van der Waals surface area contributed by atoms with Gasteiger partial charge in [-0.2, -0.15) is 0 Å². The third kappa shape index (κ3) is 3.38. The molecular weight excluding hydrogens is 168 g/mol. The Kier molecular flexibility index (Phi) is 4.39. The fourth-order valence-electron chi connectivity index (χ4n) is 1.02. The smallest absolute Gasteiger partial charge is 0.0246 e. The molecular formula is C14H14. The summed E-state index contributed by atoms with van der Waals surface area (Å²) in [6.45, 7) is 4.10. The Morgan fingerprint density at radius 1 is 0.786 bits per heavy atom. The SMILES string of the molecule is CCC#Cc1ccc(C#CCC)cc1. The van der Waals surface area contributed by atoms with E-state index in [-0.39, 0.29) is 0 Å². The van der Waals surface area contributed by atoms with E-state index in [9.17, 15) is 0 Å². The van der Waals surface area contributed by atoms with E-state index in [0.29, 0.717) is 0 Å². The Morgan fingerprint density at radius 2 is 1.14 bits per heavy atom. The van der Waals surface area contributed by atoms with Crippen LogP contribution in [0.4, 0.5) is 0 Å². The second-order valence-electron chi connectivity index (χ2n) is 2.89. The Bertz CT molecular complexity index is 347. The van der Waals surface area contributed by atoms with E-state index >= 15 is 0 Å². The van der Waals surface area contributed by atoms with E-state index in [2.05, 4.69) is 23.7 Å². The molecule has 0 saturated carbocycles. The van der Waals surface area contributed by atoms with E-state index in [4.69, 9.17) is 0 Å². The predicted octanol–water partition coefficient (Wildman–Crippen LogP) is 3.21. The molecule has 0 heterocycles. The standard InChI is InChI=1S/C14H14/c1-3-5-7-13-9-11-14(12-10-13)8-6-4-2/h9-12H,3-4H2,1-2H3. The lowest BCUT2D eigenvalue weighted by molar-refractivity contribution is 1.28. The summed E-state index contributed by atoms with van der Waals surface area (Å²) >= 11 is 0. The maximum atomic E-state index is 3.08. The first-order chi connectivity index (χ1) is 6.86. The maximum Gasteiger partial charge on any atom is 0.0246 e. The van der Waals surface area contributed by atoms with Crippen LogP contribution in [0.1, 0.15) is 37.8 Å². The highest BCUT2D eigenvalue weighted by Crippen LogP contribution is 2.01. The summed E-state index contributed by atoms with van der Waals surface area (Å²) in [5, 5.41) is 0. The fraction of sp³-hybridized carbons (Fsp3) is 0.286. The second-order valence-corrected chi connectivity index (χ2v) is 2.89. The Hall–Kier alpha value is -1.66. The first-order valence-corrected chi connectivity index (χ1v) is 4.94. The zero-order valence-corrected chi connectivity index (χ0v) is 8.72. The van der Waals surface area contributed by atoms with E-state index < -0.39 is 0 Å². The molecule has 0 unspecified atom stereocenters. The minimum absolute atomic E-state index is 0.900. The van der Waals surface area contributed by atoms with Gasteiger partial charge in [-0.3, -0.25) is 0 Å². The molecule has 70 valence electrons. The van der Waals surface area contributed by atoms with Crippen LogP contribution in [0.5, 0.6) is 0 Å². The van der Waals surface area contributed by atoms with Crippen molar-refractivity contribution < 1.29 is 0 Å². The highest BCUT2D eigenvalue weighted by molar-refractivity contribution is 5.41. The summed E-state index contributed by atoms with van der Waals surface area (Å²) in [5.41, 5.74) is 2.13. The van der Waals surface area contributed by atoms with E-state index in [1.807, 2.05) is 38.1 Å². The molecule has 0 aliphatic rings. The van der Waals surface area contributed by atoms with Crippen LogP contribution in [0.3, 0.4) is 0 Å². The van der Waals surface area contributed by atoms with Crippen molar-refractivity contribution in [3.63, 3.8) is 0 Å². The third-order valence-corrected chi connectivity index (χ3v) is 1.70. The van der Waals surface area contributed by atoms with Crippen LogP contribution in [0, 0.1) is 23.7 Å². The summed E-state index contributed by atoms with van der Waals surface area (Å²) in [4.78, 5) is 0. The molecule has 1 rings (SSSR count). The minimum Gasteiger partial charge on any atom is -0.0982 e. The average molecular weight is 182 g/mol. The zero-order valence-electron chi connectivity index (χ0n) is 8.72. The molecule has 0 nitrogen and oxygen atoms in total. The molecule has 0 N–H and O–H groups in total. The molecule has 0 spiro atoms. The van der Waals surface area contributed by atoms with Crippen molar-refractivity contribution >= 4 is 0 Å².